The number of ether oxygens (including phenoxy) is 1. The molecule has 1 aliphatic rings. The lowest BCUT2D eigenvalue weighted by Crippen LogP contribution is -2.42. The number of nitrogens with zero attached hydrogens (tertiary/aromatic N) is 5. The molecule has 0 saturated heterocycles. The van der Waals surface area contributed by atoms with Crippen molar-refractivity contribution in [1.82, 2.24) is 30.0 Å². The zero-order valence-electron chi connectivity index (χ0n) is 19.4. The van der Waals surface area contributed by atoms with Gasteiger partial charge in [-0.3, -0.25) is 10.00 Å². The van der Waals surface area contributed by atoms with Crippen molar-refractivity contribution in [1.29, 1.82) is 0 Å². The molecule has 3 heterocycles. The van der Waals surface area contributed by atoms with Crippen LogP contribution in [0.5, 0.6) is 0 Å². The van der Waals surface area contributed by atoms with E-state index >= 15 is 0 Å². The Balaban J connectivity index is 1.56. The number of likely N-dealkylation sites (N-methyl/N-ethyl adjacent to an activating group) is 1. The molecular formula is C23H28FN7O2. The molecule has 174 valence electrons. The SMILES string of the molecule is Cc1ncnc(Nc2n[nH]c3c2CN(C(=O)OC(CN(C)C)c2ccccc2)C3(C)C)c1F. The van der Waals surface area contributed by atoms with Crippen molar-refractivity contribution in [3.05, 3.63) is 65.0 Å². The number of amides is 1. The summed E-state index contributed by atoms with van der Waals surface area (Å²) in [5.74, 6) is -0.0961. The molecule has 10 heteroatoms. The highest BCUT2D eigenvalue weighted by Gasteiger charge is 2.45. The summed E-state index contributed by atoms with van der Waals surface area (Å²) in [6.07, 6.45) is 0.433. The van der Waals surface area contributed by atoms with Gasteiger partial charge in [0, 0.05) is 12.1 Å². The molecule has 0 saturated carbocycles. The Morgan fingerprint density at radius 3 is 2.70 bits per heavy atom. The first kappa shape index (κ1) is 22.7. The van der Waals surface area contributed by atoms with E-state index in [1.54, 1.807) is 11.8 Å². The smallest absolute Gasteiger partial charge is 0.411 e. The molecular weight excluding hydrogens is 425 g/mol. The van der Waals surface area contributed by atoms with Crippen molar-refractivity contribution >= 4 is 17.7 Å². The molecule has 0 aliphatic carbocycles. The van der Waals surface area contributed by atoms with E-state index in [0.717, 1.165) is 16.8 Å². The van der Waals surface area contributed by atoms with Gasteiger partial charge in [-0.25, -0.2) is 19.2 Å². The Labute approximate surface area is 192 Å². The largest absolute Gasteiger partial charge is 0.440 e. The molecule has 1 aromatic carbocycles. The summed E-state index contributed by atoms with van der Waals surface area (Å²) in [4.78, 5) is 24.8. The molecule has 1 amide bonds. The third-order valence-electron chi connectivity index (χ3n) is 5.84. The highest BCUT2D eigenvalue weighted by molar-refractivity contribution is 5.72. The van der Waals surface area contributed by atoms with Crippen molar-refractivity contribution in [2.45, 2.75) is 39.0 Å². The van der Waals surface area contributed by atoms with Crippen LogP contribution in [-0.2, 0) is 16.8 Å². The minimum Gasteiger partial charge on any atom is -0.440 e. The van der Waals surface area contributed by atoms with Gasteiger partial charge in [0.25, 0.3) is 0 Å². The number of aromatic nitrogens is 4. The van der Waals surface area contributed by atoms with Crippen molar-refractivity contribution in [3.63, 3.8) is 0 Å². The molecule has 1 unspecified atom stereocenters. The predicted molar refractivity (Wildman–Crippen MR) is 121 cm³/mol. The minimum atomic E-state index is -0.696. The van der Waals surface area contributed by atoms with Crippen LogP contribution in [0.15, 0.2) is 36.7 Å². The summed E-state index contributed by atoms with van der Waals surface area (Å²) in [5.41, 5.74) is 1.99. The fourth-order valence-electron chi connectivity index (χ4n) is 3.96. The molecule has 3 aromatic rings. The number of fused-ring (bicyclic) bond motifs is 1. The van der Waals surface area contributed by atoms with Crippen molar-refractivity contribution < 1.29 is 13.9 Å². The van der Waals surface area contributed by atoms with Gasteiger partial charge in [0.15, 0.2) is 17.5 Å². The fourth-order valence-corrected chi connectivity index (χ4v) is 3.96. The summed E-state index contributed by atoms with van der Waals surface area (Å²) in [7, 11) is 3.87. The molecule has 0 bridgehead atoms. The second-order valence-electron chi connectivity index (χ2n) is 8.86. The zero-order valence-corrected chi connectivity index (χ0v) is 19.4. The zero-order chi connectivity index (χ0) is 23.8. The maximum absolute atomic E-state index is 14.4. The average Bonchev–Trinajstić information content (AvgIpc) is 3.29. The van der Waals surface area contributed by atoms with Gasteiger partial charge in [-0.2, -0.15) is 5.10 Å². The number of carbonyl (C=O) groups is 1. The molecule has 1 aliphatic heterocycles. The number of benzene rings is 1. The van der Waals surface area contributed by atoms with Crippen LogP contribution < -0.4 is 5.32 Å². The number of rotatable bonds is 6. The Hall–Kier alpha value is -3.53. The number of aryl methyl sites for hydroxylation is 1. The summed E-state index contributed by atoms with van der Waals surface area (Å²) < 4.78 is 20.4. The number of aromatic amines is 1. The van der Waals surface area contributed by atoms with E-state index in [1.807, 2.05) is 63.2 Å². The third kappa shape index (κ3) is 4.38. The lowest BCUT2D eigenvalue weighted by atomic mass is 10.0. The van der Waals surface area contributed by atoms with Gasteiger partial charge >= 0.3 is 6.09 Å². The van der Waals surface area contributed by atoms with Crippen molar-refractivity contribution in [2.24, 2.45) is 0 Å². The molecule has 33 heavy (non-hydrogen) atoms. The van der Waals surface area contributed by atoms with Gasteiger partial charge in [-0.1, -0.05) is 30.3 Å². The van der Waals surface area contributed by atoms with Crippen LogP contribution in [0.2, 0.25) is 0 Å². The summed E-state index contributed by atoms with van der Waals surface area (Å²) >= 11 is 0. The molecule has 4 rings (SSSR count). The van der Waals surface area contributed by atoms with Crippen LogP contribution in [0.4, 0.5) is 20.8 Å². The normalized spacial score (nSPS) is 15.4. The number of carbonyl (C=O) groups excluding carboxylic acids is 1. The van der Waals surface area contributed by atoms with Gasteiger partial charge in [-0.15, -0.1) is 0 Å². The minimum absolute atomic E-state index is 0.0331. The second-order valence-corrected chi connectivity index (χ2v) is 8.86. The van der Waals surface area contributed by atoms with Crippen molar-refractivity contribution in [3.8, 4) is 0 Å². The Bertz CT molecular complexity index is 1150. The van der Waals surface area contributed by atoms with E-state index < -0.39 is 23.6 Å². The van der Waals surface area contributed by atoms with E-state index in [1.165, 1.54) is 6.33 Å². The van der Waals surface area contributed by atoms with Gasteiger partial charge in [0.1, 0.15) is 12.4 Å². The summed E-state index contributed by atoms with van der Waals surface area (Å²) in [6.45, 7) is 6.21. The van der Waals surface area contributed by atoms with Crippen LogP contribution in [0.3, 0.4) is 0 Å². The van der Waals surface area contributed by atoms with Crippen LogP contribution >= 0.6 is 0 Å². The maximum Gasteiger partial charge on any atom is 0.411 e. The lowest BCUT2D eigenvalue weighted by molar-refractivity contribution is 0.0259. The van der Waals surface area contributed by atoms with E-state index in [0.29, 0.717) is 12.4 Å². The first-order valence-electron chi connectivity index (χ1n) is 10.7. The Kier molecular flexibility index (Phi) is 6.03. The summed E-state index contributed by atoms with van der Waals surface area (Å²) in [6, 6.07) is 9.67. The molecule has 0 fully saturated rings. The number of nitrogens with one attached hydrogen (secondary N) is 2. The molecule has 0 radical (unpaired) electrons. The summed E-state index contributed by atoms with van der Waals surface area (Å²) in [5, 5.41) is 10.2. The fraction of sp³-hybridized carbons (Fsp3) is 0.391. The molecule has 2 N–H and O–H groups in total. The molecule has 0 spiro atoms. The van der Waals surface area contributed by atoms with Crippen LogP contribution in [0.25, 0.3) is 0 Å². The highest BCUT2D eigenvalue weighted by atomic mass is 19.1. The predicted octanol–water partition coefficient (Wildman–Crippen LogP) is 3.88. The Morgan fingerprint density at radius 2 is 2.00 bits per heavy atom. The van der Waals surface area contributed by atoms with E-state index in [4.69, 9.17) is 4.74 Å². The maximum atomic E-state index is 14.4. The van der Waals surface area contributed by atoms with E-state index in [2.05, 4.69) is 25.5 Å². The van der Waals surface area contributed by atoms with E-state index in [-0.39, 0.29) is 18.1 Å². The van der Waals surface area contributed by atoms with Crippen LogP contribution in [0, 0.1) is 12.7 Å². The van der Waals surface area contributed by atoms with Gasteiger partial charge in [-0.05, 0) is 40.4 Å². The van der Waals surface area contributed by atoms with Gasteiger partial charge < -0.3 is 15.0 Å². The number of H-pyrrole nitrogens is 1. The van der Waals surface area contributed by atoms with Crippen molar-refractivity contribution in [2.75, 3.05) is 26.0 Å². The van der Waals surface area contributed by atoms with Crippen LogP contribution in [0.1, 0.15) is 42.5 Å². The standard InChI is InChI=1S/C23H28FN7O2/c1-14-18(24)21(26-13-25-14)27-20-16-11-31(23(2,3)19(16)28-29-20)22(32)33-17(12-30(4)5)15-9-7-6-8-10-15/h6-10,13,17H,11-12H2,1-5H3,(H2,25,26,27,28,29). The molecule has 9 nitrogen and oxygen atoms in total. The lowest BCUT2D eigenvalue weighted by Gasteiger charge is -2.33. The number of hydrogen-bond acceptors (Lipinski definition) is 7. The monoisotopic (exact) mass is 453 g/mol. The van der Waals surface area contributed by atoms with Crippen LogP contribution in [-0.4, -0.2) is 56.7 Å². The third-order valence-corrected chi connectivity index (χ3v) is 5.84. The van der Waals surface area contributed by atoms with E-state index in [9.17, 15) is 9.18 Å². The number of halogens is 1. The highest BCUT2D eigenvalue weighted by Crippen LogP contribution is 2.42. The average molecular weight is 454 g/mol. The van der Waals surface area contributed by atoms with Gasteiger partial charge in [0.2, 0.25) is 0 Å². The Morgan fingerprint density at radius 1 is 1.27 bits per heavy atom. The molecule has 2 aromatic heterocycles. The quantitative estimate of drug-likeness (QED) is 0.584. The first-order valence-corrected chi connectivity index (χ1v) is 10.7. The topological polar surface area (TPSA) is 99.3 Å². The van der Waals surface area contributed by atoms with Gasteiger partial charge in [0.05, 0.1) is 23.5 Å². The second kappa shape index (κ2) is 8.78. The molecule has 1 atom stereocenters. The first-order chi connectivity index (χ1) is 15.7. The number of hydrogen-bond donors (Lipinski definition) is 2. The number of anilines is 2.